The summed E-state index contributed by atoms with van der Waals surface area (Å²) in [6.45, 7) is 7.26. The van der Waals surface area contributed by atoms with Crippen molar-refractivity contribution in [1.82, 2.24) is 15.3 Å². The monoisotopic (exact) mass is 250 g/mol. The second-order valence-electron chi connectivity index (χ2n) is 5.28. The standard InChI is InChI=1S/C13H22N4O/c1-10(2)8-14-9-11-4-3-7-17(11)12-13(18)16-6-5-15-12/h5-6,10-11,14H,3-4,7-9H2,1-2H3,(H,16,18). The number of aromatic amines is 1. The van der Waals surface area contributed by atoms with Crippen molar-refractivity contribution in [3.05, 3.63) is 22.7 Å². The summed E-state index contributed by atoms with van der Waals surface area (Å²) in [5, 5.41) is 3.46. The number of anilines is 1. The topological polar surface area (TPSA) is 61.0 Å². The lowest BCUT2D eigenvalue weighted by atomic mass is 10.2. The molecule has 1 aliphatic rings. The average Bonchev–Trinajstić information content (AvgIpc) is 2.77. The van der Waals surface area contributed by atoms with Crippen LogP contribution in [0.25, 0.3) is 0 Å². The lowest BCUT2D eigenvalue weighted by Gasteiger charge is -2.25. The molecule has 0 radical (unpaired) electrons. The van der Waals surface area contributed by atoms with Crippen LogP contribution in [0.5, 0.6) is 0 Å². The van der Waals surface area contributed by atoms with E-state index in [0.29, 0.717) is 17.8 Å². The molecule has 18 heavy (non-hydrogen) atoms. The third kappa shape index (κ3) is 3.10. The molecule has 2 rings (SSSR count). The lowest BCUT2D eigenvalue weighted by molar-refractivity contribution is 0.510. The molecule has 0 saturated carbocycles. The van der Waals surface area contributed by atoms with Crippen LogP contribution in [0.2, 0.25) is 0 Å². The maximum Gasteiger partial charge on any atom is 0.290 e. The van der Waals surface area contributed by atoms with Crippen LogP contribution in [0.4, 0.5) is 5.82 Å². The third-order valence-corrected chi connectivity index (χ3v) is 3.27. The Labute approximate surface area is 108 Å². The first-order chi connectivity index (χ1) is 8.68. The van der Waals surface area contributed by atoms with Crippen molar-refractivity contribution in [1.29, 1.82) is 0 Å². The molecule has 1 aliphatic heterocycles. The van der Waals surface area contributed by atoms with Gasteiger partial charge in [0.25, 0.3) is 5.56 Å². The van der Waals surface area contributed by atoms with Gasteiger partial charge in [0.2, 0.25) is 0 Å². The Kier molecular flexibility index (Phi) is 4.36. The lowest BCUT2D eigenvalue weighted by Crippen LogP contribution is -2.41. The highest BCUT2D eigenvalue weighted by atomic mass is 16.1. The largest absolute Gasteiger partial charge is 0.348 e. The number of aromatic nitrogens is 2. The van der Waals surface area contributed by atoms with Gasteiger partial charge in [0.15, 0.2) is 5.82 Å². The Morgan fingerprint density at radius 2 is 2.44 bits per heavy atom. The molecule has 1 atom stereocenters. The van der Waals surface area contributed by atoms with Crippen molar-refractivity contribution in [2.45, 2.75) is 32.7 Å². The Bertz CT molecular complexity index is 429. The maximum absolute atomic E-state index is 11.8. The molecule has 1 fully saturated rings. The second kappa shape index (κ2) is 6.00. The van der Waals surface area contributed by atoms with Gasteiger partial charge in [0, 0.05) is 31.5 Å². The molecule has 2 heterocycles. The number of hydrogen-bond acceptors (Lipinski definition) is 4. The fraction of sp³-hybridized carbons (Fsp3) is 0.692. The van der Waals surface area contributed by atoms with Gasteiger partial charge in [-0.3, -0.25) is 4.79 Å². The second-order valence-corrected chi connectivity index (χ2v) is 5.28. The van der Waals surface area contributed by atoms with Crippen molar-refractivity contribution < 1.29 is 0 Å². The van der Waals surface area contributed by atoms with Gasteiger partial charge in [0.05, 0.1) is 0 Å². The molecule has 2 N–H and O–H groups in total. The van der Waals surface area contributed by atoms with E-state index < -0.39 is 0 Å². The maximum atomic E-state index is 11.8. The van der Waals surface area contributed by atoms with Gasteiger partial charge in [-0.2, -0.15) is 0 Å². The van der Waals surface area contributed by atoms with Gasteiger partial charge in [-0.15, -0.1) is 0 Å². The molecule has 1 aromatic rings. The van der Waals surface area contributed by atoms with Gasteiger partial charge in [0.1, 0.15) is 0 Å². The molecule has 1 unspecified atom stereocenters. The van der Waals surface area contributed by atoms with Crippen molar-refractivity contribution in [3.63, 3.8) is 0 Å². The third-order valence-electron chi connectivity index (χ3n) is 3.27. The summed E-state index contributed by atoms with van der Waals surface area (Å²) < 4.78 is 0. The SMILES string of the molecule is CC(C)CNCC1CCCN1c1ncc[nH]c1=O. The van der Waals surface area contributed by atoms with E-state index in [9.17, 15) is 4.79 Å². The van der Waals surface area contributed by atoms with Crippen LogP contribution >= 0.6 is 0 Å². The van der Waals surface area contributed by atoms with E-state index in [1.165, 1.54) is 0 Å². The van der Waals surface area contributed by atoms with Crippen LogP contribution in [0, 0.1) is 5.92 Å². The molecule has 0 aliphatic carbocycles. The van der Waals surface area contributed by atoms with Crippen LogP contribution in [-0.4, -0.2) is 35.6 Å². The van der Waals surface area contributed by atoms with Gasteiger partial charge in [-0.1, -0.05) is 13.8 Å². The van der Waals surface area contributed by atoms with Crippen LogP contribution in [0.3, 0.4) is 0 Å². The van der Waals surface area contributed by atoms with E-state index in [2.05, 4.69) is 34.0 Å². The molecule has 0 bridgehead atoms. The van der Waals surface area contributed by atoms with Crippen molar-refractivity contribution in [3.8, 4) is 0 Å². The molecule has 5 heteroatoms. The molecular formula is C13H22N4O. The smallest absolute Gasteiger partial charge is 0.290 e. The molecule has 0 amide bonds. The van der Waals surface area contributed by atoms with Crippen LogP contribution < -0.4 is 15.8 Å². The first-order valence-electron chi connectivity index (χ1n) is 6.69. The highest BCUT2D eigenvalue weighted by Gasteiger charge is 2.26. The normalized spacial score (nSPS) is 19.7. The van der Waals surface area contributed by atoms with E-state index in [0.717, 1.165) is 32.5 Å². The van der Waals surface area contributed by atoms with E-state index in [4.69, 9.17) is 0 Å². The Morgan fingerprint density at radius 3 is 3.17 bits per heavy atom. The summed E-state index contributed by atoms with van der Waals surface area (Å²) in [6, 6.07) is 0.389. The summed E-state index contributed by atoms with van der Waals surface area (Å²) in [5.41, 5.74) is -0.0896. The Hall–Kier alpha value is -1.36. The number of hydrogen-bond donors (Lipinski definition) is 2. The molecule has 1 aromatic heterocycles. The van der Waals surface area contributed by atoms with Crippen LogP contribution in [0.15, 0.2) is 17.2 Å². The van der Waals surface area contributed by atoms with Crippen molar-refractivity contribution in [2.24, 2.45) is 5.92 Å². The van der Waals surface area contributed by atoms with E-state index in [-0.39, 0.29) is 5.56 Å². The van der Waals surface area contributed by atoms with Crippen molar-refractivity contribution in [2.75, 3.05) is 24.5 Å². The predicted octanol–water partition coefficient (Wildman–Crippen LogP) is 0.984. The summed E-state index contributed by atoms with van der Waals surface area (Å²) in [5.74, 6) is 1.21. The van der Waals surface area contributed by atoms with E-state index in [1.807, 2.05) is 0 Å². The van der Waals surface area contributed by atoms with Gasteiger partial charge in [-0.05, 0) is 25.3 Å². The highest BCUT2D eigenvalue weighted by molar-refractivity contribution is 5.38. The van der Waals surface area contributed by atoms with Crippen molar-refractivity contribution >= 4 is 5.82 Å². The summed E-state index contributed by atoms with van der Waals surface area (Å²) >= 11 is 0. The molecule has 0 aromatic carbocycles. The summed E-state index contributed by atoms with van der Waals surface area (Å²) in [4.78, 5) is 20.8. The molecule has 1 saturated heterocycles. The predicted molar refractivity (Wildman–Crippen MR) is 72.9 cm³/mol. The molecule has 5 nitrogen and oxygen atoms in total. The van der Waals surface area contributed by atoms with Gasteiger partial charge in [-0.25, -0.2) is 4.98 Å². The van der Waals surface area contributed by atoms with Crippen LogP contribution in [-0.2, 0) is 0 Å². The summed E-state index contributed by atoms with van der Waals surface area (Å²) in [6.07, 6.45) is 5.48. The fourth-order valence-electron chi connectivity index (χ4n) is 2.41. The molecule has 100 valence electrons. The van der Waals surface area contributed by atoms with E-state index >= 15 is 0 Å². The molecular weight excluding hydrogens is 228 g/mol. The quantitative estimate of drug-likeness (QED) is 0.818. The minimum absolute atomic E-state index is 0.0896. The van der Waals surface area contributed by atoms with Crippen LogP contribution in [0.1, 0.15) is 26.7 Å². The highest BCUT2D eigenvalue weighted by Crippen LogP contribution is 2.20. The number of rotatable bonds is 5. The molecule has 0 spiro atoms. The first-order valence-corrected chi connectivity index (χ1v) is 6.69. The Balaban J connectivity index is 1.99. The van der Waals surface area contributed by atoms with Gasteiger partial charge < -0.3 is 15.2 Å². The zero-order valence-electron chi connectivity index (χ0n) is 11.1. The number of nitrogens with one attached hydrogen (secondary N) is 2. The zero-order valence-corrected chi connectivity index (χ0v) is 11.1. The number of nitrogens with zero attached hydrogens (tertiary/aromatic N) is 2. The Morgan fingerprint density at radius 1 is 1.61 bits per heavy atom. The number of H-pyrrole nitrogens is 1. The fourth-order valence-corrected chi connectivity index (χ4v) is 2.41. The van der Waals surface area contributed by atoms with E-state index in [1.54, 1.807) is 12.4 Å². The first kappa shape index (κ1) is 13.1. The minimum Gasteiger partial charge on any atom is -0.348 e. The minimum atomic E-state index is -0.0896. The average molecular weight is 250 g/mol. The van der Waals surface area contributed by atoms with Gasteiger partial charge >= 0.3 is 0 Å². The summed E-state index contributed by atoms with van der Waals surface area (Å²) in [7, 11) is 0. The zero-order chi connectivity index (χ0) is 13.0.